The molecule has 0 radical (unpaired) electrons. The van der Waals surface area contributed by atoms with E-state index in [1.165, 1.54) is 18.4 Å². The van der Waals surface area contributed by atoms with Gasteiger partial charge in [-0.3, -0.25) is 9.00 Å². The fourth-order valence-corrected chi connectivity index (χ4v) is 2.99. The van der Waals surface area contributed by atoms with Crippen molar-refractivity contribution in [3.8, 4) is 0 Å². The standard InChI is InChI=1S/C15H19NO2S/c1-19(18)14-10-6-5-9-13(14)16-15(17)11-12-7-3-2-4-8-12/h5-7,9-10H,2-4,8,11H2,1H3,(H,16,17)/t19-/m0/s1. The number of carbonyl (C=O) groups is 1. The number of para-hydroxylation sites is 1. The Labute approximate surface area is 116 Å². The van der Waals surface area contributed by atoms with Crippen LogP contribution in [0.15, 0.2) is 40.8 Å². The number of allylic oxidation sites excluding steroid dienone is 1. The Kier molecular flexibility index (Phi) is 4.91. The highest BCUT2D eigenvalue weighted by atomic mass is 32.2. The monoisotopic (exact) mass is 277 g/mol. The lowest BCUT2D eigenvalue weighted by Crippen LogP contribution is -2.14. The molecule has 1 atom stereocenters. The van der Waals surface area contributed by atoms with Gasteiger partial charge in [0.05, 0.1) is 21.4 Å². The Hall–Kier alpha value is -1.42. The molecule has 0 aliphatic heterocycles. The average Bonchev–Trinajstić information content (AvgIpc) is 2.40. The summed E-state index contributed by atoms with van der Waals surface area (Å²) in [4.78, 5) is 12.7. The Morgan fingerprint density at radius 1 is 1.32 bits per heavy atom. The summed E-state index contributed by atoms with van der Waals surface area (Å²) in [6.07, 6.45) is 8.75. The molecule has 1 aliphatic rings. The van der Waals surface area contributed by atoms with Gasteiger partial charge in [0.25, 0.3) is 0 Å². The molecule has 0 saturated carbocycles. The van der Waals surface area contributed by atoms with Gasteiger partial charge in [-0.15, -0.1) is 0 Å². The summed E-state index contributed by atoms with van der Waals surface area (Å²) in [6, 6.07) is 7.25. The Bertz CT molecular complexity index is 523. The molecule has 3 nitrogen and oxygen atoms in total. The van der Waals surface area contributed by atoms with Crippen LogP contribution in [0.2, 0.25) is 0 Å². The lowest BCUT2D eigenvalue weighted by molar-refractivity contribution is -0.115. The van der Waals surface area contributed by atoms with Crippen molar-refractivity contribution in [1.82, 2.24) is 0 Å². The van der Waals surface area contributed by atoms with Crippen LogP contribution in [0.5, 0.6) is 0 Å². The molecule has 0 unspecified atom stereocenters. The minimum atomic E-state index is -1.09. The minimum absolute atomic E-state index is 0.0222. The lowest BCUT2D eigenvalue weighted by atomic mass is 9.97. The second kappa shape index (κ2) is 6.66. The van der Waals surface area contributed by atoms with Crippen molar-refractivity contribution >= 4 is 22.4 Å². The maximum Gasteiger partial charge on any atom is 0.228 e. The van der Waals surface area contributed by atoms with Crippen molar-refractivity contribution < 1.29 is 9.00 Å². The molecule has 1 amide bonds. The summed E-state index contributed by atoms with van der Waals surface area (Å²) < 4.78 is 11.6. The van der Waals surface area contributed by atoms with E-state index in [-0.39, 0.29) is 5.91 Å². The summed E-state index contributed by atoms with van der Waals surface area (Å²) in [5, 5.41) is 2.87. The predicted octanol–water partition coefficient (Wildman–Crippen LogP) is 3.25. The van der Waals surface area contributed by atoms with Gasteiger partial charge < -0.3 is 5.32 Å². The SMILES string of the molecule is C[S@](=O)c1ccccc1NC(=O)CC1=CCCCC1. The van der Waals surface area contributed by atoms with Crippen LogP contribution >= 0.6 is 0 Å². The zero-order chi connectivity index (χ0) is 13.7. The van der Waals surface area contributed by atoms with Crippen LogP contribution in [-0.2, 0) is 15.6 Å². The molecule has 1 aromatic rings. The van der Waals surface area contributed by atoms with Gasteiger partial charge in [-0.05, 0) is 37.8 Å². The van der Waals surface area contributed by atoms with Crippen molar-refractivity contribution in [2.24, 2.45) is 0 Å². The Morgan fingerprint density at radius 2 is 2.11 bits per heavy atom. The minimum Gasteiger partial charge on any atom is -0.325 e. The van der Waals surface area contributed by atoms with E-state index in [0.717, 1.165) is 12.8 Å². The van der Waals surface area contributed by atoms with Gasteiger partial charge in [-0.25, -0.2) is 0 Å². The first-order valence-electron chi connectivity index (χ1n) is 6.57. The summed E-state index contributed by atoms with van der Waals surface area (Å²) in [6.45, 7) is 0. The van der Waals surface area contributed by atoms with E-state index in [9.17, 15) is 9.00 Å². The van der Waals surface area contributed by atoms with Crippen LogP contribution in [0.4, 0.5) is 5.69 Å². The first-order valence-corrected chi connectivity index (χ1v) is 8.13. The summed E-state index contributed by atoms with van der Waals surface area (Å²) in [7, 11) is -1.09. The topological polar surface area (TPSA) is 46.2 Å². The highest BCUT2D eigenvalue weighted by molar-refractivity contribution is 7.84. The van der Waals surface area contributed by atoms with Crippen LogP contribution < -0.4 is 5.32 Å². The van der Waals surface area contributed by atoms with Crippen LogP contribution in [-0.4, -0.2) is 16.4 Å². The molecule has 0 spiro atoms. The molecule has 2 rings (SSSR count). The van der Waals surface area contributed by atoms with Crippen LogP contribution in [0.1, 0.15) is 32.1 Å². The number of benzene rings is 1. The maximum atomic E-state index is 12.0. The molecular formula is C15H19NO2S. The highest BCUT2D eigenvalue weighted by Gasteiger charge is 2.12. The van der Waals surface area contributed by atoms with Gasteiger partial charge in [0, 0.05) is 12.7 Å². The Morgan fingerprint density at radius 3 is 2.79 bits per heavy atom. The van der Waals surface area contributed by atoms with Crippen LogP contribution in [0.3, 0.4) is 0 Å². The molecule has 102 valence electrons. The number of hydrogen-bond donors (Lipinski definition) is 1. The van der Waals surface area contributed by atoms with E-state index in [2.05, 4.69) is 11.4 Å². The smallest absolute Gasteiger partial charge is 0.228 e. The first kappa shape index (κ1) is 14.0. The number of anilines is 1. The second-order valence-corrected chi connectivity index (χ2v) is 6.13. The van der Waals surface area contributed by atoms with Gasteiger partial charge in [0.15, 0.2) is 0 Å². The van der Waals surface area contributed by atoms with Crippen molar-refractivity contribution in [3.63, 3.8) is 0 Å². The van der Waals surface area contributed by atoms with Crippen LogP contribution in [0.25, 0.3) is 0 Å². The van der Waals surface area contributed by atoms with Crippen molar-refractivity contribution in [3.05, 3.63) is 35.9 Å². The van der Waals surface area contributed by atoms with Gasteiger partial charge >= 0.3 is 0 Å². The fourth-order valence-electron chi connectivity index (χ4n) is 2.29. The van der Waals surface area contributed by atoms with Gasteiger partial charge in [0.1, 0.15) is 0 Å². The van der Waals surface area contributed by atoms with E-state index < -0.39 is 10.8 Å². The molecule has 0 bridgehead atoms. The summed E-state index contributed by atoms with van der Waals surface area (Å²) in [5.41, 5.74) is 1.88. The molecule has 0 fully saturated rings. The van der Waals surface area contributed by atoms with E-state index in [4.69, 9.17) is 0 Å². The third-order valence-corrected chi connectivity index (χ3v) is 4.22. The molecule has 0 heterocycles. The van der Waals surface area contributed by atoms with E-state index in [0.29, 0.717) is 17.0 Å². The summed E-state index contributed by atoms with van der Waals surface area (Å²) in [5.74, 6) is -0.0222. The third kappa shape index (κ3) is 4.03. The van der Waals surface area contributed by atoms with E-state index >= 15 is 0 Å². The quantitative estimate of drug-likeness (QED) is 0.859. The number of rotatable bonds is 4. The average molecular weight is 277 g/mol. The van der Waals surface area contributed by atoms with Crippen molar-refractivity contribution in [2.75, 3.05) is 11.6 Å². The molecule has 1 N–H and O–H groups in total. The fraction of sp³-hybridized carbons (Fsp3) is 0.400. The van der Waals surface area contributed by atoms with E-state index in [1.54, 1.807) is 18.4 Å². The number of nitrogens with one attached hydrogen (secondary N) is 1. The number of amides is 1. The molecule has 0 saturated heterocycles. The molecule has 1 aromatic carbocycles. The highest BCUT2D eigenvalue weighted by Crippen LogP contribution is 2.22. The number of carbonyl (C=O) groups excluding carboxylic acids is 1. The Balaban J connectivity index is 2.02. The summed E-state index contributed by atoms with van der Waals surface area (Å²) >= 11 is 0. The van der Waals surface area contributed by atoms with E-state index in [1.807, 2.05) is 12.1 Å². The largest absolute Gasteiger partial charge is 0.325 e. The zero-order valence-corrected chi connectivity index (χ0v) is 12.0. The lowest BCUT2D eigenvalue weighted by Gasteiger charge is -2.13. The number of hydrogen-bond acceptors (Lipinski definition) is 2. The second-order valence-electron chi connectivity index (χ2n) is 4.78. The maximum absolute atomic E-state index is 12.0. The zero-order valence-electron chi connectivity index (χ0n) is 11.1. The van der Waals surface area contributed by atoms with Gasteiger partial charge in [-0.1, -0.05) is 23.8 Å². The molecule has 4 heteroatoms. The molecule has 1 aliphatic carbocycles. The third-order valence-electron chi connectivity index (χ3n) is 3.24. The molecular weight excluding hydrogens is 258 g/mol. The molecule has 19 heavy (non-hydrogen) atoms. The van der Waals surface area contributed by atoms with Crippen molar-refractivity contribution in [2.45, 2.75) is 37.0 Å². The van der Waals surface area contributed by atoms with Gasteiger partial charge in [-0.2, -0.15) is 0 Å². The van der Waals surface area contributed by atoms with Gasteiger partial charge in [0.2, 0.25) is 5.91 Å². The predicted molar refractivity (Wildman–Crippen MR) is 78.6 cm³/mol. The van der Waals surface area contributed by atoms with Crippen molar-refractivity contribution in [1.29, 1.82) is 0 Å². The normalized spacial score (nSPS) is 16.6. The van der Waals surface area contributed by atoms with Crippen LogP contribution in [0, 0.1) is 0 Å². The molecule has 0 aromatic heterocycles. The first-order chi connectivity index (χ1) is 9.16.